The van der Waals surface area contributed by atoms with Gasteiger partial charge in [-0.05, 0) is 13.0 Å². The first-order valence-corrected chi connectivity index (χ1v) is 6.89. The summed E-state index contributed by atoms with van der Waals surface area (Å²) in [6.07, 6.45) is 0. The Morgan fingerprint density at radius 1 is 1.29 bits per heavy atom. The van der Waals surface area contributed by atoms with Gasteiger partial charge in [0.15, 0.2) is 6.54 Å². The maximum Gasteiger partial charge on any atom is 0.356 e. The van der Waals surface area contributed by atoms with E-state index in [4.69, 9.17) is 4.74 Å². The molecule has 0 fully saturated rings. The molecule has 21 heavy (non-hydrogen) atoms. The zero-order valence-corrected chi connectivity index (χ0v) is 12.4. The van der Waals surface area contributed by atoms with Gasteiger partial charge in [-0.15, -0.1) is 0 Å². The van der Waals surface area contributed by atoms with Crippen molar-refractivity contribution in [2.45, 2.75) is 6.92 Å². The summed E-state index contributed by atoms with van der Waals surface area (Å²) >= 11 is 0. The van der Waals surface area contributed by atoms with Gasteiger partial charge < -0.3 is 19.9 Å². The molecular formula is C15H20N3O3+. The minimum atomic E-state index is -0.471. The number of quaternary nitrogens is 1. The van der Waals surface area contributed by atoms with Crippen LogP contribution in [0.25, 0.3) is 10.9 Å². The van der Waals surface area contributed by atoms with Crippen LogP contribution in [0, 0.1) is 0 Å². The molecule has 0 unspecified atom stereocenters. The largest absolute Gasteiger partial charge is 0.461 e. The van der Waals surface area contributed by atoms with Gasteiger partial charge >= 0.3 is 5.97 Å². The van der Waals surface area contributed by atoms with Gasteiger partial charge in [0.05, 0.1) is 26.4 Å². The summed E-state index contributed by atoms with van der Waals surface area (Å²) in [5.41, 5.74) is 1.54. The predicted octanol–water partition coefficient (Wildman–Crippen LogP) is 0.428. The Morgan fingerprint density at radius 2 is 2.00 bits per heavy atom. The number of likely N-dealkylation sites (N-methyl/N-ethyl adjacent to an activating group) is 1. The third kappa shape index (κ3) is 3.41. The van der Waals surface area contributed by atoms with Crippen molar-refractivity contribution < 1.29 is 19.2 Å². The van der Waals surface area contributed by atoms with E-state index >= 15 is 0 Å². The van der Waals surface area contributed by atoms with E-state index < -0.39 is 5.97 Å². The van der Waals surface area contributed by atoms with E-state index in [1.54, 1.807) is 6.92 Å². The highest BCUT2D eigenvalue weighted by molar-refractivity contribution is 6.11. The van der Waals surface area contributed by atoms with Crippen molar-refractivity contribution in [3.05, 3.63) is 30.0 Å². The Bertz CT molecular complexity index is 661. The second-order valence-corrected chi connectivity index (χ2v) is 5.07. The molecule has 0 aliphatic rings. The number of ether oxygens (including phenoxy) is 1. The summed E-state index contributed by atoms with van der Waals surface area (Å²) in [5, 5.41) is 3.61. The number of esters is 1. The third-order valence-electron chi connectivity index (χ3n) is 2.96. The smallest absolute Gasteiger partial charge is 0.356 e. The van der Waals surface area contributed by atoms with Crippen molar-refractivity contribution in [1.82, 2.24) is 4.98 Å². The number of fused-ring (bicyclic) bond motifs is 1. The molecule has 2 rings (SSSR count). The number of carbonyl (C=O) groups excluding carboxylic acids is 2. The second-order valence-electron chi connectivity index (χ2n) is 5.07. The van der Waals surface area contributed by atoms with Crippen molar-refractivity contribution in [3.8, 4) is 0 Å². The molecular weight excluding hydrogens is 270 g/mol. The van der Waals surface area contributed by atoms with Crippen molar-refractivity contribution in [2.75, 3.05) is 32.6 Å². The van der Waals surface area contributed by atoms with E-state index in [0.29, 0.717) is 12.2 Å². The highest BCUT2D eigenvalue weighted by Gasteiger charge is 2.21. The number of hydrogen-bond donors (Lipinski definition) is 3. The maximum atomic E-state index is 12.0. The van der Waals surface area contributed by atoms with E-state index in [2.05, 4.69) is 10.3 Å². The zero-order valence-electron chi connectivity index (χ0n) is 12.4. The molecule has 3 N–H and O–H groups in total. The predicted molar refractivity (Wildman–Crippen MR) is 80.6 cm³/mol. The first kappa shape index (κ1) is 15.1. The number of hydrogen-bond acceptors (Lipinski definition) is 3. The fourth-order valence-corrected chi connectivity index (χ4v) is 2.13. The van der Waals surface area contributed by atoms with Gasteiger partial charge in [0.1, 0.15) is 5.69 Å². The standard InChI is InChI=1S/C15H19N3O3/c1-4-21-15(20)14-13(17-12(19)9-18(2)3)10-7-5-6-8-11(10)16-14/h5-8,16H,4,9H2,1-3H3,(H,17,19)/p+1. The fourth-order valence-electron chi connectivity index (χ4n) is 2.13. The number of rotatable bonds is 5. The van der Waals surface area contributed by atoms with Crippen LogP contribution in [-0.2, 0) is 9.53 Å². The molecule has 1 aromatic carbocycles. The molecule has 0 saturated carbocycles. The molecule has 6 nitrogen and oxygen atoms in total. The number of aromatic amines is 1. The first-order chi connectivity index (χ1) is 10.0. The lowest BCUT2D eigenvalue weighted by Crippen LogP contribution is -3.06. The minimum absolute atomic E-state index is 0.148. The van der Waals surface area contributed by atoms with E-state index in [9.17, 15) is 9.59 Å². The lowest BCUT2D eigenvalue weighted by Gasteiger charge is -2.09. The van der Waals surface area contributed by atoms with Crippen LogP contribution in [0.5, 0.6) is 0 Å². The van der Waals surface area contributed by atoms with E-state index in [-0.39, 0.29) is 18.2 Å². The fraction of sp³-hybridized carbons (Fsp3) is 0.333. The van der Waals surface area contributed by atoms with Crippen molar-refractivity contribution in [2.24, 2.45) is 0 Å². The van der Waals surface area contributed by atoms with Crippen LogP contribution in [0.15, 0.2) is 24.3 Å². The van der Waals surface area contributed by atoms with Crippen molar-refractivity contribution in [3.63, 3.8) is 0 Å². The summed E-state index contributed by atoms with van der Waals surface area (Å²) in [5.74, 6) is -0.619. The summed E-state index contributed by atoms with van der Waals surface area (Å²) in [6.45, 7) is 2.35. The summed E-state index contributed by atoms with van der Waals surface area (Å²) in [6, 6.07) is 7.43. The molecule has 2 aromatic rings. The number of aromatic nitrogens is 1. The Hall–Kier alpha value is -2.34. The van der Waals surface area contributed by atoms with Crippen LogP contribution in [0.1, 0.15) is 17.4 Å². The second kappa shape index (κ2) is 6.41. The normalized spacial score (nSPS) is 10.9. The van der Waals surface area contributed by atoms with Gasteiger partial charge in [-0.1, -0.05) is 18.2 Å². The number of benzene rings is 1. The van der Waals surface area contributed by atoms with Crippen LogP contribution >= 0.6 is 0 Å². The molecule has 112 valence electrons. The zero-order chi connectivity index (χ0) is 15.4. The average Bonchev–Trinajstić information content (AvgIpc) is 2.77. The molecule has 0 atom stereocenters. The van der Waals surface area contributed by atoms with Crippen LogP contribution < -0.4 is 10.2 Å². The van der Waals surface area contributed by atoms with Gasteiger partial charge in [0.2, 0.25) is 0 Å². The van der Waals surface area contributed by atoms with E-state index in [1.165, 1.54) is 0 Å². The van der Waals surface area contributed by atoms with Gasteiger partial charge in [-0.25, -0.2) is 4.79 Å². The summed E-state index contributed by atoms with van der Waals surface area (Å²) in [7, 11) is 3.78. The number of para-hydroxylation sites is 1. The molecule has 0 radical (unpaired) electrons. The van der Waals surface area contributed by atoms with Crippen molar-refractivity contribution >= 4 is 28.5 Å². The summed E-state index contributed by atoms with van der Waals surface area (Å²) < 4.78 is 5.03. The highest BCUT2D eigenvalue weighted by atomic mass is 16.5. The summed E-state index contributed by atoms with van der Waals surface area (Å²) in [4.78, 5) is 28.0. The number of H-pyrrole nitrogens is 1. The molecule has 6 heteroatoms. The molecule has 0 spiro atoms. The highest BCUT2D eigenvalue weighted by Crippen LogP contribution is 2.28. The van der Waals surface area contributed by atoms with Gasteiger partial charge in [-0.2, -0.15) is 0 Å². The van der Waals surface area contributed by atoms with E-state index in [0.717, 1.165) is 15.8 Å². The number of carbonyl (C=O) groups is 2. The van der Waals surface area contributed by atoms with Crippen LogP contribution in [0.2, 0.25) is 0 Å². The number of anilines is 1. The van der Waals surface area contributed by atoms with Gasteiger partial charge in [0.25, 0.3) is 5.91 Å². The maximum absolute atomic E-state index is 12.0. The van der Waals surface area contributed by atoms with Gasteiger partial charge in [-0.3, -0.25) is 4.79 Å². The molecule has 0 aliphatic heterocycles. The molecule has 1 aromatic heterocycles. The topological polar surface area (TPSA) is 75.6 Å². The minimum Gasteiger partial charge on any atom is -0.461 e. The molecule has 0 saturated heterocycles. The molecule has 1 amide bonds. The Balaban J connectivity index is 2.40. The van der Waals surface area contributed by atoms with Crippen molar-refractivity contribution in [1.29, 1.82) is 0 Å². The third-order valence-corrected chi connectivity index (χ3v) is 2.96. The Kier molecular flexibility index (Phi) is 4.59. The Morgan fingerprint density at radius 3 is 2.67 bits per heavy atom. The quantitative estimate of drug-likeness (QED) is 0.699. The Labute approximate surface area is 123 Å². The number of nitrogens with one attached hydrogen (secondary N) is 3. The lowest BCUT2D eigenvalue weighted by molar-refractivity contribution is -0.849. The van der Waals surface area contributed by atoms with E-state index in [1.807, 2.05) is 38.4 Å². The molecule has 1 heterocycles. The van der Waals surface area contributed by atoms with Crippen LogP contribution in [0.3, 0.4) is 0 Å². The monoisotopic (exact) mass is 290 g/mol. The van der Waals surface area contributed by atoms with Gasteiger partial charge in [0, 0.05) is 10.9 Å². The lowest BCUT2D eigenvalue weighted by atomic mass is 10.2. The van der Waals surface area contributed by atoms with Crippen LogP contribution in [-0.4, -0.2) is 44.1 Å². The molecule has 0 bridgehead atoms. The number of amides is 1. The average molecular weight is 290 g/mol. The van der Waals surface area contributed by atoms with Crippen LogP contribution in [0.4, 0.5) is 5.69 Å². The molecule has 0 aliphatic carbocycles. The first-order valence-electron chi connectivity index (χ1n) is 6.89. The SMILES string of the molecule is CCOC(=O)c1[nH]c2ccccc2c1NC(=O)C[NH+](C)C.